The van der Waals surface area contributed by atoms with Crippen LogP contribution in [0.2, 0.25) is 0 Å². The molecule has 0 aliphatic carbocycles. The van der Waals surface area contributed by atoms with Crippen molar-refractivity contribution in [2.24, 2.45) is 5.73 Å². The minimum absolute atomic E-state index is 0.229. The minimum Gasteiger partial charge on any atom is -0.368 e. The zero-order chi connectivity index (χ0) is 22.5. The number of aromatic nitrogens is 1. The van der Waals surface area contributed by atoms with Gasteiger partial charge in [-0.05, 0) is 61.9 Å². The number of aryl methyl sites for hydroxylation is 1. The monoisotopic (exact) mass is 422 g/mol. The van der Waals surface area contributed by atoms with Crippen LogP contribution in [0, 0.1) is 19.7 Å². The smallest absolute Gasteiger partial charge is 0.253 e. The number of nitrogens with one attached hydrogen (secondary N) is 2. The highest BCUT2D eigenvalue weighted by atomic mass is 19.1. The molecule has 0 spiro atoms. The van der Waals surface area contributed by atoms with Crippen molar-refractivity contribution >= 4 is 17.7 Å². The van der Waals surface area contributed by atoms with Crippen LogP contribution in [-0.2, 0) is 11.3 Å². The third-order valence-corrected chi connectivity index (χ3v) is 4.85. The standard InChI is InChI=1S/C23H23FN4O3/c1-14-11-20(15(2)28(14)19-9-7-18(24)8-10-19)23(31)26-12-16-3-5-17(6-4-16)22(30)27-13-21(25)29/h3-11H,12-13H2,1-2H3,(H2,25,29)(H,26,31)(H,27,30). The van der Waals surface area contributed by atoms with Gasteiger partial charge in [0, 0.05) is 29.2 Å². The first kappa shape index (κ1) is 21.8. The van der Waals surface area contributed by atoms with Gasteiger partial charge in [-0.25, -0.2) is 4.39 Å². The van der Waals surface area contributed by atoms with E-state index in [9.17, 15) is 18.8 Å². The van der Waals surface area contributed by atoms with Gasteiger partial charge in [-0.1, -0.05) is 12.1 Å². The van der Waals surface area contributed by atoms with Crippen molar-refractivity contribution in [3.8, 4) is 5.69 Å². The SMILES string of the molecule is Cc1cc(C(=O)NCc2ccc(C(=O)NCC(N)=O)cc2)c(C)n1-c1ccc(F)cc1. The molecule has 7 nitrogen and oxygen atoms in total. The fraction of sp³-hybridized carbons (Fsp3) is 0.174. The summed E-state index contributed by atoms with van der Waals surface area (Å²) in [5.74, 6) is -1.57. The van der Waals surface area contributed by atoms with E-state index in [1.807, 2.05) is 18.4 Å². The fourth-order valence-corrected chi connectivity index (χ4v) is 3.30. The number of primary amides is 1. The summed E-state index contributed by atoms with van der Waals surface area (Å²) >= 11 is 0. The molecule has 1 aromatic heterocycles. The molecule has 0 saturated heterocycles. The van der Waals surface area contributed by atoms with Gasteiger partial charge in [-0.3, -0.25) is 14.4 Å². The number of nitrogens with two attached hydrogens (primary N) is 1. The van der Waals surface area contributed by atoms with Gasteiger partial charge in [-0.15, -0.1) is 0 Å². The van der Waals surface area contributed by atoms with Gasteiger partial charge in [0.2, 0.25) is 5.91 Å². The van der Waals surface area contributed by atoms with Crippen molar-refractivity contribution in [3.63, 3.8) is 0 Å². The van der Waals surface area contributed by atoms with Gasteiger partial charge in [0.25, 0.3) is 11.8 Å². The molecule has 0 unspecified atom stereocenters. The largest absolute Gasteiger partial charge is 0.368 e. The molecule has 0 aliphatic rings. The molecule has 3 amide bonds. The number of nitrogens with zero attached hydrogens (tertiary/aromatic N) is 1. The zero-order valence-electron chi connectivity index (χ0n) is 17.2. The van der Waals surface area contributed by atoms with Crippen LogP contribution in [0.5, 0.6) is 0 Å². The van der Waals surface area contributed by atoms with Crippen molar-refractivity contribution in [2.75, 3.05) is 6.54 Å². The van der Waals surface area contributed by atoms with E-state index in [1.165, 1.54) is 12.1 Å². The molecule has 1 heterocycles. The second-order valence-corrected chi connectivity index (χ2v) is 7.13. The van der Waals surface area contributed by atoms with Crippen molar-refractivity contribution in [1.82, 2.24) is 15.2 Å². The summed E-state index contributed by atoms with van der Waals surface area (Å²) in [5, 5.41) is 5.29. The zero-order valence-corrected chi connectivity index (χ0v) is 17.2. The van der Waals surface area contributed by atoms with Crippen LogP contribution in [-0.4, -0.2) is 28.8 Å². The third kappa shape index (κ3) is 5.16. The maximum atomic E-state index is 13.2. The van der Waals surface area contributed by atoms with E-state index in [-0.39, 0.29) is 24.8 Å². The number of carbonyl (C=O) groups is 3. The number of amides is 3. The molecule has 0 atom stereocenters. The van der Waals surface area contributed by atoms with Gasteiger partial charge in [0.05, 0.1) is 12.1 Å². The van der Waals surface area contributed by atoms with Gasteiger partial charge in [0.1, 0.15) is 5.82 Å². The number of carbonyl (C=O) groups excluding carboxylic acids is 3. The van der Waals surface area contributed by atoms with Gasteiger partial charge < -0.3 is 20.9 Å². The van der Waals surface area contributed by atoms with Crippen LogP contribution in [0.1, 0.15) is 37.7 Å². The Hall–Kier alpha value is -3.94. The molecule has 0 fully saturated rings. The highest BCUT2D eigenvalue weighted by Gasteiger charge is 2.16. The van der Waals surface area contributed by atoms with Crippen molar-refractivity contribution < 1.29 is 18.8 Å². The fourth-order valence-electron chi connectivity index (χ4n) is 3.30. The molecular formula is C23H23FN4O3. The van der Waals surface area contributed by atoms with Gasteiger partial charge in [-0.2, -0.15) is 0 Å². The van der Waals surface area contributed by atoms with E-state index >= 15 is 0 Å². The molecule has 0 radical (unpaired) electrons. The Bertz CT molecular complexity index is 1120. The van der Waals surface area contributed by atoms with Crippen molar-refractivity contribution in [2.45, 2.75) is 20.4 Å². The van der Waals surface area contributed by atoms with E-state index < -0.39 is 11.8 Å². The minimum atomic E-state index is -0.619. The number of halogens is 1. The Labute approximate surface area is 179 Å². The summed E-state index contributed by atoms with van der Waals surface area (Å²) in [4.78, 5) is 35.4. The molecule has 0 saturated carbocycles. The van der Waals surface area contributed by atoms with Crippen LogP contribution in [0.15, 0.2) is 54.6 Å². The second-order valence-electron chi connectivity index (χ2n) is 7.13. The van der Waals surface area contributed by atoms with Gasteiger partial charge >= 0.3 is 0 Å². The lowest BCUT2D eigenvalue weighted by Crippen LogP contribution is -2.33. The van der Waals surface area contributed by atoms with E-state index in [2.05, 4.69) is 10.6 Å². The van der Waals surface area contributed by atoms with Crippen LogP contribution in [0.25, 0.3) is 5.69 Å². The maximum absolute atomic E-state index is 13.2. The number of hydrogen-bond acceptors (Lipinski definition) is 3. The molecule has 0 bridgehead atoms. The van der Waals surface area contributed by atoms with Crippen molar-refractivity contribution in [1.29, 1.82) is 0 Å². The molecule has 3 aromatic rings. The predicted octanol–water partition coefficient (Wildman–Crippen LogP) is 2.38. The number of rotatable bonds is 7. The van der Waals surface area contributed by atoms with Crippen LogP contribution < -0.4 is 16.4 Å². The van der Waals surface area contributed by atoms with E-state index in [0.29, 0.717) is 11.1 Å². The lowest BCUT2D eigenvalue weighted by Gasteiger charge is -2.10. The molecule has 31 heavy (non-hydrogen) atoms. The van der Waals surface area contributed by atoms with Crippen molar-refractivity contribution in [3.05, 3.63) is 88.5 Å². The summed E-state index contributed by atoms with van der Waals surface area (Å²) < 4.78 is 15.1. The summed E-state index contributed by atoms with van der Waals surface area (Å²) in [6, 6.07) is 14.5. The first-order chi connectivity index (χ1) is 14.8. The number of hydrogen-bond donors (Lipinski definition) is 3. The van der Waals surface area contributed by atoms with E-state index in [0.717, 1.165) is 22.6 Å². The lowest BCUT2D eigenvalue weighted by atomic mass is 10.1. The quantitative estimate of drug-likeness (QED) is 0.544. The molecule has 160 valence electrons. The highest BCUT2D eigenvalue weighted by molar-refractivity contribution is 5.97. The highest BCUT2D eigenvalue weighted by Crippen LogP contribution is 2.21. The second kappa shape index (κ2) is 9.25. The predicted molar refractivity (Wildman–Crippen MR) is 114 cm³/mol. The molecule has 2 aromatic carbocycles. The van der Waals surface area contributed by atoms with Crippen LogP contribution >= 0.6 is 0 Å². The summed E-state index contributed by atoms with van der Waals surface area (Å²) in [7, 11) is 0. The van der Waals surface area contributed by atoms with E-state index in [4.69, 9.17) is 5.73 Å². The number of benzene rings is 2. The third-order valence-electron chi connectivity index (χ3n) is 4.85. The normalized spacial score (nSPS) is 10.5. The molecule has 3 rings (SSSR count). The average molecular weight is 422 g/mol. The Balaban J connectivity index is 1.66. The molecular weight excluding hydrogens is 399 g/mol. The lowest BCUT2D eigenvalue weighted by molar-refractivity contribution is -0.117. The molecule has 0 aliphatic heterocycles. The van der Waals surface area contributed by atoms with E-state index in [1.54, 1.807) is 42.5 Å². The van der Waals surface area contributed by atoms with Crippen LogP contribution in [0.3, 0.4) is 0 Å². The molecule has 8 heteroatoms. The summed E-state index contributed by atoms with van der Waals surface area (Å²) in [6.07, 6.45) is 0. The Morgan fingerprint density at radius 3 is 2.19 bits per heavy atom. The first-order valence-corrected chi connectivity index (χ1v) is 9.65. The topological polar surface area (TPSA) is 106 Å². The Morgan fingerprint density at radius 2 is 1.58 bits per heavy atom. The maximum Gasteiger partial charge on any atom is 0.253 e. The first-order valence-electron chi connectivity index (χ1n) is 9.65. The Morgan fingerprint density at radius 1 is 0.935 bits per heavy atom. The Kier molecular flexibility index (Phi) is 6.49. The average Bonchev–Trinajstić information content (AvgIpc) is 3.05. The summed E-state index contributed by atoms with van der Waals surface area (Å²) in [6.45, 7) is 3.77. The summed E-state index contributed by atoms with van der Waals surface area (Å²) in [5.41, 5.74) is 9.13. The van der Waals surface area contributed by atoms with Crippen LogP contribution in [0.4, 0.5) is 4.39 Å². The van der Waals surface area contributed by atoms with Gasteiger partial charge in [0.15, 0.2) is 0 Å². The molecule has 4 N–H and O–H groups in total.